The summed E-state index contributed by atoms with van der Waals surface area (Å²) < 4.78 is 0. The molecule has 5 rings (SSSR count). The fraction of sp³-hybridized carbons (Fsp3) is 0.333. The van der Waals surface area contributed by atoms with E-state index in [9.17, 15) is 4.79 Å². The number of nitrogens with zero attached hydrogens (tertiary/aromatic N) is 2. The van der Waals surface area contributed by atoms with Crippen molar-refractivity contribution in [1.29, 1.82) is 0 Å². The van der Waals surface area contributed by atoms with Crippen molar-refractivity contribution in [3.8, 4) is 0 Å². The van der Waals surface area contributed by atoms with Gasteiger partial charge in [-0.25, -0.2) is 0 Å². The molecule has 0 radical (unpaired) electrons. The lowest BCUT2D eigenvalue weighted by molar-refractivity contribution is 0.101. The van der Waals surface area contributed by atoms with E-state index in [0.717, 1.165) is 51.1 Å². The molecule has 2 heterocycles. The predicted molar refractivity (Wildman–Crippen MR) is 124 cm³/mol. The molecule has 0 atom stereocenters. The van der Waals surface area contributed by atoms with Gasteiger partial charge in [0.15, 0.2) is 0 Å². The average molecular weight is 397 g/mol. The van der Waals surface area contributed by atoms with Gasteiger partial charge in [-0.3, -0.25) is 14.7 Å². The first-order chi connectivity index (χ1) is 14.0. The molecule has 2 aliphatic rings. The minimum atomic E-state index is -0.0564. The molecule has 1 amide bonds. The van der Waals surface area contributed by atoms with Gasteiger partial charge in [0, 0.05) is 16.6 Å². The van der Waals surface area contributed by atoms with Crippen molar-refractivity contribution in [2.24, 2.45) is 5.41 Å². The highest BCUT2D eigenvalue weighted by atomic mass is 16.2. The molecular weight excluding hydrogens is 368 g/mol. The molecule has 0 spiro atoms. The van der Waals surface area contributed by atoms with E-state index >= 15 is 0 Å². The molecule has 1 aliphatic heterocycles. The first kappa shape index (κ1) is 19.0. The lowest BCUT2D eigenvalue weighted by Gasteiger charge is -2.30. The highest BCUT2D eigenvalue weighted by Gasteiger charge is 2.42. The Morgan fingerprint density at radius 1 is 1.00 bits per heavy atom. The number of amides is 1. The van der Waals surface area contributed by atoms with Crippen molar-refractivity contribution < 1.29 is 4.79 Å². The largest absolute Gasteiger partial charge is 0.277 e. The first-order valence-electron chi connectivity index (χ1n) is 10.7. The van der Waals surface area contributed by atoms with Gasteiger partial charge in [-0.05, 0) is 54.0 Å². The summed E-state index contributed by atoms with van der Waals surface area (Å²) in [6.07, 6.45) is 3.09. The summed E-state index contributed by atoms with van der Waals surface area (Å²) in [5, 5.41) is 0.957. The monoisotopic (exact) mass is 396 g/mol. The van der Waals surface area contributed by atoms with E-state index in [1.807, 2.05) is 11.0 Å². The summed E-state index contributed by atoms with van der Waals surface area (Å²) in [6, 6.07) is 14.6. The molecule has 30 heavy (non-hydrogen) atoms. The second-order valence-corrected chi connectivity index (χ2v) is 10.5. The van der Waals surface area contributed by atoms with Crippen LogP contribution in [0.3, 0.4) is 0 Å². The molecule has 3 heteroatoms. The second-order valence-electron chi connectivity index (χ2n) is 10.5. The molecule has 0 bridgehead atoms. The molecule has 0 N–H and O–H groups in total. The Labute approximate surface area is 178 Å². The molecular formula is C27H28N2O. The summed E-state index contributed by atoms with van der Waals surface area (Å²) in [4.78, 5) is 20.7. The van der Waals surface area contributed by atoms with Crippen LogP contribution >= 0.6 is 0 Å². The topological polar surface area (TPSA) is 33.2 Å². The maximum Gasteiger partial charge on any atom is 0.264 e. The van der Waals surface area contributed by atoms with Crippen molar-refractivity contribution in [2.75, 3.05) is 4.90 Å². The first-order valence-corrected chi connectivity index (χ1v) is 10.7. The van der Waals surface area contributed by atoms with E-state index in [1.54, 1.807) is 0 Å². The smallest absolute Gasteiger partial charge is 0.264 e. The number of hydrogen-bond donors (Lipinski definition) is 0. The van der Waals surface area contributed by atoms with Gasteiger partial charge in [-0.1, -0.05) is 64.5 Å². The van der Waals surface area contributed by atoms with Crippen molar-refractivity contribution >= 4 is 28.2 Å². The van der Waals surface area contributed by atoms with Crippen molar-refractivity contribution in [2.45, 2.75) is 53.4 Å². The van der Waals surface area contributed by atoms with Crippen molar-refractivity contribution in [3.63, 3.8) is 0 Å². The van der Waals surface area contributed by atoms with Crippen LogP contribution in [0.5, 0.6) is 0 Å². The summed E-state index contributed by atoms with van der Waals surface area (Å²) in [5.41, 5.74) is 8.10. The van der Waals surface area contributed by atoms with Gasteiger partial charge in [0.05, 0.1) is 22.5 Å². The van der Waals surface area contributed by atoms with Gasteiger partial charge in [-0.2, -0.15) is 0 Å². The number of carbonyl (C=O) groups excluding carboxylic acids is 1. The summed E-state index contributed by atoms with van der Waals surface area (Å²) >= 11 is 0. The van der Waals surface area contributed by atoms with Gasteiger partial charge >= 0.3 is 0 Å². The van der Waals surface area contributed by atoms with Crippen molar-refractivity contribution in [3.05, 3.63) is 76.5 Å². The Kier molecular flexibility index (Phi) is 3.83. The minimum absolute atomic E-state index is 0.0525. The van der Waals surface area contributed by atoms with Crippen LogP contribution in [0.4, 0.5) is 5.69 Å². The summed E-state index contributed by atoms with van der Waals surface area (Å²) in [6.45, 7) is 13.1. The van der Waals surface area contributed by atoms with Crippen molar-refractivity contribution in [1.82, 2.24) is 4.98 Å². The van der Waals surface area contributed by atoms with E-state index in [2.05, 4.69) is 84.0 Å². The van der Waals surface area contributed by atoms with Crippen LogP contribution in [0, 0.1) is 12.3 Å². The highest BCUT2D eigenvalue weighted by Crippen LogP contribution is 2.47. The molecule has 1 aliphatic carbocycles. The van der Waals surface area contributed by atoms with Crippen LogP contribution in [0.15, 0.2) is 48.5 Å². The third-order valence-electron chi connectivity index (χ3n) is 6.27. The number of anilines is 1. The average Bonchev–Trinajstić information content (AvgIpc) is 2.93. The molecule has 0 unspecified atom stereocenters. The molecule has 0 fully saturated rings. The summed E-state index contributed by atoms with van der Waals surface area (Å²) in [7, 11) is 0. The molecule has 2 aromatic carbocycles. The maximum absolute atomic E-state index is 13.8. The number of pyridine rings is 1. The van der Waals surface area contributed by atoms with Crippen LogP contribution < -0.4 is 4.90 Å². The number of carbonyl (C=O) groups is 1. The van der Waals surface area contributed by atoms with Gasteiger partial charge in [0.2, 0.25) is 0 Å². The third-order valence-corrected chi connectivity index (χ3v) is 6.27. The van der Waals surface area contributed by atoms with Gasteiger partial charge in [0.1, 0.15) is 0 Å². The predicted octanol–water partition coefficient (Wildman–Crippen LogP) is 6.42. The van der Waals surface area contributed by atoms with Gasteiger partial charge in [-0.15, -0.1) is 0 Å². The van der Waals surface area contributed by atoms with Crippen LogP contribution in [-0.2, 0) is 11.8 Å². The van der Waals surface area contributed by atoms with Gasteiger partial charge < -0.3 is 0 Å². The standard InChI is InChI=1S/C27H28N2O/c1-16-7-12-20-19(13-16)23-24-21(28-20)14-27(5,6)15-22(24)29(25(23)30)18-10-8-17(9-11-18)26(2,3)4/h7-13,15H,14H2,1-6H3. The van der Waals surface area contributed by atoms with Crippen LogP contribution in [0.2, 0.25) is 0 Å². The lowest BCUT2D eigenvalue weighted by Crippen LogP contribution is -2.26. The number of rotatable bonds is 1. The number of fused-ring (bicyclic) bond motifs is 2. The Morgan fingerprint density at radius 2 is 1.70 bits per heavy atom. The second kappa shape index (κ2) is 6.04. The van der Waals surface area contributed by atoms with E-state index in [-0.39, 0.29) is 16.7 Å². The number of aromatic nitrogens is 1. The fourth-order valence-corrected chi connectivity index (χ4v) is 4.74. The molecule has 152 valence electrons. The quantitative estimate of drug-likeness (QED) is 0.475. The van der Waals surface area contributed by atoms with E-state index in [0.29, 0.717) is 0 Å². The van der Waals surface area contributed by atoms with Crippen LogP contribution in [0.1, 0.15) is 67.4 Å². The number of benzene rings is 2. The Balaban J connectivity index is 1.75. The zero-order chi connectivity index (χ0) is 21.4. The number of hydrogen-bond acceptors (Lipinski definition) is 2. The summed E-state index contributed by atoms with van der Waals surface area (Å²) in [5.74, 6) is 0.0525. The van der Waals surface area contributed by atoms with Gasteiger partial charge in [0.25, 0.3) is 5.91 Å². The molecule has 1 aromatic heterocycles. The highest BCUT2D eigenvalue weighted by molar-refractivity contribution is 6.27. The Bertz CT molecular complexity index is 1240. The molecule has 0 saturated heterocycles. The Morgan fingerprint density at radius 3 is 2.37 bits per heavy atom. The van der Waals surface area contributed by atoms with Crippen LogP contribution in [0.25, 0.3) is 16.6 Å². The number of allylic oxidation sites excluding steroid dienone is 1. The SMILES string of the molecule is Cc1ccc2nc3c4c(c2c1)C(=O)N(c1ccc(C(C)(C)C)cc1)C4=CC(C)(C)C3. The van der Waals surface area contributed by atoms with E-state index in [4.69, 9.17) is 4.98 Å². The number of aryl methyl sites for hydroxylation is 1. The van der Waals surface area contributed by atoms with E-state index < -0.39 is 0 Å². The zero-order valence-corrected chi connectivity index (χ0v) is 18.6. The normalized spacial score (nSPS) is 17.3. The van der Waals surface area contributed by atoms with Crippen LogP contribution in [-0.4, -0.2) is 10.9 Å². The zero-order valence-electron chi connectivity index (χ0n) is 18.6. The van der Waals surface area contributed by atoms with E-state index in [1.165, 1.54) is 5.56 Å². The molecule has 0 saturated carbocycles. The molecule has 3 nitrogen and oxygen atoms in total. The minimum Gasteiger partial charge on any atom is -0.277 e. The lowest BCUT2D eigenvalue weighted by atomic mass is 9.79. The third kappa shape index (κ3) is 2.79. The molecule has 3 aromatic rings. The Hall–Kier alpha value is -2.94. The maximum atomic E-state index is 13.8. The fourth-order valence-electron chi connectivity index (χ4n) is 4.74.